The molecule has 3 amide bonds. The first-order valence-electron chi connectivity index (χ1n) is 6.85. The standard InChI is InChI=1S/C13H25N3O4/c1-12(2,3)20-11(18)15-7-4-13(19)5-8-16(9-6-13)10(14)17/h19H,4-9H2,1-3H3,(H2,14,17)(H,15,18). The summed E-state index contributed by atoms with van der Waals surface area (Å²) in [6.45, 7) is 6.59. The summed E-state index contributed by atoms with van der Waals surface area (Å²) in [5, 5.41) is 13.0. The number of urea groups is 1. The van der Waals surface area contributed by atoms with Gasteiger partial charge in [-0.2, -0.15) is 0 Å². The molecule has 0 aromatic carbocycles. The number of ether oxygens (including phenoxy) is 1. The van der Waals surface area contributed by atoms with E-state index in [0.717, 1.165) is 0 Å². The van der Waals surface area contributed by atoms with Gasteiger partial charge in [-0.15, -0.1) is 0 Å². The van der Waals surface area contributed by atoms with E-state index >= 15 is 0 Å². The van der Waals surface area contributed by atoms with Crippen molar-refractivity contribution in [2.45, 2.75) is 51.2 Å². The highest BCUT2D eigenvalue weighted by atomic mass is 16.6. The topological polar surface area (TPSA) is 105 Å². The third kappa shape index (κ3) is 5.64. The average Bonchev–Trinajstić information content (AvgIpc) is 2.26. The summed E-state index contributed by atoms with van der Waals surface area (Å²) in [5.41, 5.74) is 3.79. The number of nitrogens with two attached hydrogens (primary N) is 1. The summed E-state index contributed by atoms with van der Waals surface area (Å²) < 4.78 is 5.11. The number of likely N-dealkylation sites (tertiary alicyclic amines) is 1. The highest BCUT2D eigenvalue weighted by Gasteiger charge is 2.33. The number of nitrogens with zero attached hydrogens (tertiary/aromatic N) is 1. The van der Waals surface area contributed by atoms with E-state index in [4.69, 9.17) is 10.5 Å². The minimum Gasteiger partial charge on any atom is -0.444 e. The molecule has 1 fully saturated rings. The van der Waals surface area contributed by atoms with Gasteiger partial charge in [0.25, 0.3) is 0 Å². The van der Waals surface area contributed by atoms with Crippen molar-refractivity contribution in [2.24, 2.45) is 5.73 Å². The second kappa shape index (κ2) is 6.30. The Kier molecular flexibility index (Phi) is 5.21. The Morgan fingerprint density at radius 1 is 1.35 bits per heavy atom. The molecule has 0 aromatic heterocycles. The van der Waals surface area contributed by atoms with Crippen molar-refractivity contribution in [3.63, 3.8) is 0 Å². The number of carbonyl (C=O) groups is 2. The molecule has 20 heavy (non-hydrogen) atoms. The molecule has 1 aliphatic heterocycles. The lowest BCUT2D eigenvalue weighted by atomic mass is 9.88. The second-order valence-electron chi connectivity index (χ2n) is 6.23. The molecule has 7 nitrogen and oxygen atoms in total. The van der Waals surface area contributed by atoms with Crippen molar-refractivity contribution in [2.75, 3.05) is 19.6 Å². The lowest BCUT2D eigenvalue weighted by Crippen LogP contribution is -2.49. The zero-order chi connectivity index (χ0) is 15.4. The molecule has 7 heteroatoms. The number of piperidine rings is 1. The van der Waals surface area contributed by atoms with Crippen molar-refractivity contribution in [3.05, 3.63) is 0 Å². The smallest absolute Gasteiger partial charge is 0.407 e. The van der Waals surface area contributed by atoms with Crippen LogP contribution in [-0.2, 0) is 4.74 Å². The summed E-state index contributed by atoms with van der Waals surface area (Å²) in [6.07, 6.45) is 0.868. The Bertz CT molecular complexity index is 357. The Hall–Kier alpha value is -1.50. The van der Waals surface area contributed by atoms with Gasteiger partial charge in [0.15, 0.2) is 0 Å². The van der Waals surface area contributed by atoms with Gasteiger partial charge >= 0.3 is 12.1 Å². The summed E-state index contributed by atoms with van der Waals surface area (Å²) in [7, 11) is 0. The first-order chi connectivity index (χ1) is 9.11. The SMILES string of the molecule is CC(C)(C)OC(=O)NCCC1(O)CCN(C(N)=O)CC1. The summed E-state index contributed by atoms with van der Waals surface area (Å²) in [4.78, 5) is 24.0. The molecule has 0 saturated carbocycles. The maximum atomic E-state index is 11.5. The fourth-order valence-corrected chi connectivity index (χ4v) is 2.10. The van der Waals surface area contributed by atoms with Gasteiger partial charge in [-0.25, -0.2) is 9.59 Å². The fourth-order valence-electron chi connectivity index (χ4n) is 2.10. The molecule has 1 heterocycles. The lowest BCUT2D eigenvalue weighted by Gasteiger charge is -2.37. The van der Waals surface area contributed by atoms with Crippen LogP contribution in [-0.4, -0.2) is 53.0 Å². The van der Waals surface area contributed by atoms with Crippen LogP contribution in [0.15, 0.2) is 0 Å². The van der Waals surface area contributed by atoms with Gasteiger partial charge in [0, 0.05) is 19.6 Å². The Morgan fingerprint density at radius 2 is 1.90 bits per heavy atom. The monoisotopic (exact) mass is 287 g/mol. The highest BCUT2D eigenvalue weighted by Crippen LogP contribution is 2.25. The molecule has 1 saturated heterocycles. The van der Waals surface area contributed by atoms with Crippen LogP contribution in [0.3, 0.4) is 0 Å². The van der Waals surface area contributed by atoms with Gasteiger partial charge in [0.1, 0.15) is 5.60 Å². The van der Waals surface area contributed by atoms with Crippen molar-refractivity contribution in [1.82, 2.24) is 10.2 Å². The molecule has 0 radical (unpaired) electrons. The molecular weight excluding hydrogens is 262 g/mol. The second-order valence-corrected chi connectivity index (χ2v) is 6.23. The molecule has 4 N–H and O–H groups in total. The van der Waals surface area contributed by atoms with E-state index < -0.39 is 23.3 Å². The van der Waals surface area contributed by atoms with Gasteiger partial charge in [0.05, 0.1) is 5.60 Å². The summed E-state index contributed by atoms with van der Waals surface area (Å²) >= 11 is 0. The number of amides is 3. The highest BCUT2D eigenvalue weighted by molar-refractivity contribution is 5.72. The first kappa shape index (κ1) is 16.6. The third-order valence-electron chi connectivity index (χ3n) is 3.26. The molecule has 1 aliphatic rings. The Balaban J connectivity index is 2.28. The van der Waals surface area contributed by atoms with Gasteiger partial charge in [-0.05, 0) is 40.0 Å². The molecule has 1 rings (SSSR count). The van der Waals surface area contributed by atoms with E-state index in [1.54, 1.807) is 20.8 Å². The van der Waals surface area contributed by atoms with Crippen molar-refractivity contribution < 1.29 is 19.4 Å². The molecule has 0 bridgehead atoms. The van der Waals surface area contributed by atoms with Crippen molar-refractivity contribution >= 4 is 12.1 Å². The third-order valence-corrected chi connectivity index (χ3v) is 3.26. The van der Waals surface area contributed by atoms with E-state index in [1.165, 1.54) is 4.90 Å². The van der Waals surface area contributed by atoms with Gasteiger partial charge in [-0.3, -0.25) is 0 Å². The lowest BCUT2D eigenvalue weighted by molar-refractivity contribution is -0.0182. The maximum absolute atomic E-state index is 11.5. The van der Waals surface area contributed by atoms with Crippen molar-refractivity contribution in [3.8, 4) is 0 Å². The largest absolute Gasteiger partial charge is 0.444 e. The fraction of sp³-hybridized carbons (Fsp3) is 0.846. The van der Waals surface area contributed by atoms with Gasteiger partial charge in [0.2, 0.25) is 0 Å². The predicted molar refractivity (Wildman–Crippen MR) is 74.2 cm³/mol. The van der Waals surface area contributed by atoms with Gasteiger partial charge < -0.3 is 25.8 Å². The number of primary amides is 1. The number of aliphatic hydroxyl groups is 1. The van der Waals surface area contributed by atoms with Crippen LogP contribution < -0.4 is 11.1 Å². The maximum Gasteiger partial charge on any atom is 0.407 e. The number of nitrogens with one attached hydrogen (secondary N) is 1. The average molecular weight is 287 g/mol. The van der Waals surface area contributed by atoms with Crippen LogP contribution in [0.5, 0.6) is 0 Å². The van der Waals surface area contributed by atoms with E-state index in [0.29, 0.717) is 38.9 Å². The number of hydrogen-bond donors (Lipinski definition) is 3. The minimum atomic E-state index is -0.860. The molecular formula is C13H25N3O4. The van der Waals surface area contributed by atoms with Crippen LogP contribution in [0.2, 0.25) is 0 Å². The van der Waals surface area contributed by atoms with Crippen LogP contribution in [0.1, 0.15) is 40.0 Å². The Labute approximate surface area is 119 Å². The van der Waals surface area contributed by atoms with Crippen LogP contribution in [0.4, 0.5) is 9.59 Å². The number of hydrogen-bond acceptors (Lipinski definition) is 4. The molecule has 116 valence electrons. The van der Waals surface area contributed by atoms with E-state index in [1.807, 2.05) is 0 Å². The zero-order valence-corrected chi connectivity index (χ0v) is 12.4. The number of rotatable bonds is 3. The summed E-state index contributed by atoms with van der Waals surface area (Å²) in [6, 6.07) is -0.459. The molecule has 0 aliphatic carbocycles. The van der Waals surface area contributed by atoms with Crippen LogP contribution >= 0.6 is 0 Å². The minimum absolute atomic E-state index is 0.335. The van der Waals surface area contributed by atoms with E-state index in [9.17, 15) is 14.7 Å². The number of carbonyl (C=O) groups excluding carboxylic acids is 2. The number of alkyl carbamates (subject to hydrolysis) is 1. The van der Waals surface area contributed by atoms with E-state index in [2.05, 4.69) is 5.32 Å². The quantitative estimate of drug-likeness (QED) is 0.714. The predicted octanol–water partition coefficient (Wildman–Crippen LogP) is 0.807. The van der Waals surface area contributed by atoms with Crippen LogP contribution in [0.25, 0.3) is 0 Å². The molecule has 0 spiro atoms. The molecule has 0 atom stereocenters. The first-order valence-corrected chi connectivity index (χ1v) is 6.85. The zero-order valence-electron chi connectivity index (χ0n) is 12.4. The summed E-state index contributed by atoms with van der Waals surface area (Å²) in [5.74, 6) is 0. The molecule has 0 aromatic rings. The Morgan fingerprint density at radius 3 is 2.35 bits per heavy atom. The normalized spacial score (nSPS) is 18.5. The van der Waals surface area contributed by atoms with Crippen LogP contribution in [0, 0.1) is 0 Å². The van der Waals surface area contributed by atoms with Gasteiger partial charge in [-0.1, -0.05) is 0 Å². The van der Waals surface area contributed by atoms with E-state index in [-0.39, 0.29) is 0 Å². The molecule has 0 unspecified atom stereocenters. The van der Waals surface area contributed by atoms with Crippen molar-refractivity contribution in [1.29, 1.82) is 0 Å².